The van der Waals surface area contributed by atoms with Crippen LogP contribution in [0.1, 0.15) is 25.7 Å². The number of hydrogen-bond donors (Lipinski definition) is 1. The minimum atomic E-state index is -0.844. The molecule has 1 aromatic rings. The molecule has 2 atom stereocenters. The monoisotopic (exact) mass is 270 g/mol. The Bertz CT molecular complexity index is 436. The fourth-order valence-corrected chi connectivity index (χ4v) is 3.54. The molecule has 1 heterocycles. The molecule has 0 spiro atoms. The van der Waals surface area contributed by atoms with Gasteiger partial charge in [0.15, 0.2) is 5.16 Å². The lowest BCUT2D eigenvalue weighted by Gasteiger charge is -2.34. The van der Waals surface area contributed by atoms with E-state index in [0.717, 1.165) is 18.0 Å². The number of nitrogens with zero attached hydrogens (tertiary/aromatic N) is 3. The minimum Gasteiger partial charge on any atom is -0.468 e. The summed E-state index contributed by atoms with van der Waals surface area (Å²) in [4.78, 5) is 11.7. The molecule has 0 amide bonds. The standard InChI is InChI=1S/C11H18N4O2S/c1-15-7-13-14-10(15)18-8-4-3-5-11(12,6-8)9(16)17-2/h7-8H,3-6,12H2,1-2H3. The van der Waals surface area contributed by atoms with Crippen molar-refractivity contribution in [1.29, 1.82) is 0 Å². The van der Waals surface area contributed by atoms with Gasteiger partial charge in [0.1, 0.15) is 11.9 Å². The van der Waals surface area contributed by atoms with E-state index in [2.05, 4.69) is 10.2 Å². The van der Waals surface area contributed by atoms with Crippen molar-refractivity contribution in [2.75, 3.05) is 7.11 Å². The van der Waals surface area contributed by atoms with Gasteiger partial charge in [-0.3, -0.25) is 4.79 Å². The zero-order valence-corrected chi connectivity index (χ0v) is 11.4. The SMILES string of the molecule is COC(=O)C1(N)CCCC(Sc2nncn2C)C1. The minimum absolute atomic E-state index is 0.283. The molecule has 2 N–H and O–H groups in total. The van der Waals surface area contributed by atoms with E-state index in [1.165, 1.54) is 7.11 Å². The van der Waals surface area contributed by atoms with Crippen LogP contribution < -0.4 is 5.73 Å². The van der Waals surface area contributed by atoms with Crippen molar-refractivity contribution in [2.24, 2.45) is 12.8 Å². The molecule has 7 heteroatoms. The molecule has 1 aromatic heterocycles. The van der Waals surface area contributed by atoms with Crippen LogP contribution in [-0.4, -0.2) is 38.6 Å². The maximum Gasteiger partial charge on any atom is 0.325 e. The van der Waals surface area contributed by atoms with Gasteiger partial charge in [-0.05, 0) is 25.7 Å². The van der Waals surface area contributed by atoms with Crippen molar-refractivity contribution in [2.45, 2.75) is 41.6 Å². The molecule has 2 rings (SSSR count). The number of hydrogen-bond acceptors (Lipinski definition) is 6. The zero-order chi connectivity index (χ0) is 13.2. The van der Waals surface area contributed by atoms with Crippen molar-refractivity contribution in [3.63, 3.8) is 0 Å². The van der Waals surface area contributed by atoms with Crippen molar-refractivity contribution in [1.82, 2.24) is 14.8 Å². The first-order chi connectivity index (χ1) is 8.55. The number of carbonyl (C=O) groups is 1. The number of aryl methyl sites for hydroxylation is 1. The lowest BCUT2D eigenvalue weighted by atomic mass is 9.82. The van der Waals surface area contributed by atoms with Gasteiger partial charge >= 0.3 is 5.97 Å². The molecule has 1 fully saturated rings. The maximum atomic E-state index is 11.7. The van der Waals surface area contributed by atoms with Crippen LogP contribution in [0, 0.1) is 0 Å². The van der Waals surface area contributed by atoms with Gasteiger partial charge in [-0.15, -0.1) is 10.2 Å². The largest absolute Gasteiger partial charge is 0.468 e. The Morgan fingerprint density at radius 2 is 2.50 bits per heavy atom. The van der Waals surface area contributed by atoms with E-state index in [9.17, 15) is 4.79 Å². The zero-order valence-electron chi connectivity index (χ0n) is 10.6. The van der Waals surface area contributed by atoms with Crippen LogP contribution in [0.2, 0.25) is 0 Å². The second-order valence-electron chi connectivity index (χ2n) is 4.71. The van der Waals surface area contributed by atoms with E-state index in [0.29, 0.717) is 12.8 Å². The number of esters is 1. The summed E-state index contributed by atoms with van der Waals surface area (Å²) < 4.78 is 6.66. The van der Waals surface area contributed by atoms with Crippen molar-refractivity contribution in [3.05, 3.63) is 6.33 Å². The van der Waals surface area contributed by atoms with Gasteiger partial charge in [-0.2, -0.15) is 0 Å². The Balaban J connectivity index is 2.03. The first-order valence-corrected chi connectivity index (χ1v) is 6.81. The molecule has 1 aliphatic carbocycles. The van der Waals surface area contributed by atoms with E-state index in [4.69, 9.17) is 10.5 Å². The third-order valence-electron chi connectivity index (χ3n) is 3.27. The third-order valence-corrected chi connectivity index (χ3v) is 4.59. The Kier molecular flexibility index (Phi) is 3.91. The molecule has 0 saturated heterocycles. The van der Waals surface area contributed by atoms with Gasteiger partial charge in [0.2, 0.25) is 0 Å². The van der Waals surface area contributed by atoms with Crippen LogP contribution in [0.3, 0.4) is 0 Å². The number of methoxy groups -OCH3 is 1. The predicted molar refractivity (Wildman–Crippen MR) is 68.1 cm³/mol. The van der Waals surface area contributed by atoms with Crippen molar-refractivity contribution >= 4 is 17.7 Å². The average molecular weight is 270 g/mol. The maximum absolute atomic E-state index is 11.7. The Labute approximate surface area is 110 Å². The lowest BCUT2D eigenvalue weighted by molar-refractivity contribution is -0.148. The third kappa shape index (κ3) is 2.67. The number of aromatic nitrogens is 3. The second kappa shape index (κ2) is 5.27. The second-order valence-corrected chi connectivity index (χ2v) is 5.98. The number of ether oxygens (including phenoxy) is 1. The van der Waals surface area contributed by atoms with Crippen LogP contribution in [0.25, 0.3) is 0 Å². The highest BCUT2D eigenvalue weighted by Gasteiger charge is 2.40. The predicted octanol–water partition coefficient (Wildman–Crippen LogP) is 0.720. The summed E-state index contributed by atoms with van der Waals surface area (Å²) in [6.45, 7) is 0. The van der Waals surface area contributed by atoms with Crippen molar-refractivity contribution < 1.29 is 9.53 Å². The van der Waals surface area contributed by atoms with Gasteiger partial charge in [0.05, 0.1) is 7.11 Å². The summed E-state index contributed by atoms with van der Waals surface area (Å²) in [7, 11) is 3.29. The van der Waals surface area contributed by atoms with E-state index < -0.39 is 5.54 Å². The van der Waals surface area contributed by atoms with Crippen LogP contribution in [-0.2, 0) is 16.6 Å². The van der Waals surface area contributed by atoms with Crippen LogP contribution >= 0.6 is 11.8 Å². The summed E-state index contributed by atoms with van der Waals surface area (Å²) in [5.41, 5.74) is 5.30. The first kappa shape index (κ1) is 13.4. The molecule has 6 nitrogen and oxygen atoms in total. The highest BCUT2D eigenvalue weighted by molar-refractivity contribution is 7.99. The van der Waals surface area contributed by atoms with Gasteiger partial charge in [-0.1, -0.05) is 11.8 Å². The number of carbonyl (C=O) groups excluding carboxylic acids is 1. The summed E-state index contributed by atoms with van der Waals surface area (Å²) in [5.74, 6) is -0.314. The van der Waals surface area contributed by atoms with E-state index in [-0.39, 0.29) is 11.2 Å². The van der Waals surface area contributed by atoms with Gasteiger partial charge in [-0.25, -0.2) is 0 Å². The Morgan fingerprint density at radius 3 is 3.11 bits per heavy atom. The summed E-state index contributed by atoms with van der Waals surface area (Å²) in [5, 5.41) is 9.02. The molecule has 0 bridgehead atoms. The lowest BCUT2D eigenvalue weighted by Crippen LogP contribution is -2.52. The van der Waals surface area contributed by atoms with E-state index >= 15 is 0 Å². The smallest absolute Gasteiger partial charge is 0.325 e. The van der Waals surface area contributed by atoms with Gasteiger partial charge < -0.3 is 15.0 Å². The Morgan fingerprint density at radius 1 is 1.72 bits per heavy atom. The highest BCUT2D eigenvalue weighted by Crippen LogP contribution is 2.36. The average Bonchev–Trinajstić information content (AvgIpc) is 2.74. The molecule has 0 aliphatic heterocycles. The van der Waals surface area contributed by atoms with Crippen LogP contribution in [0.4, 0.5) is 0 Å². The fraction of sp³-hybridized carbons (Fsp3) is 0.727. The summed E-state index contributed by atoms with van der Waals surface area (Å²) >= 11 is 1.63. The molecule has 2 unspecified atom stereocenters. The highest BCUT2D eigenvalue weighted by atomic mass is 32.2. The number of nitrogens with two attached hydrogens (primary N) is 1. The van der Waals surface area contributed by atoms with Crippen molar-refractivity contribution in [3.8, 4) is 0 Å². The summed E-state index contributed by atoms with van der Waals surface area (Å²) in [6, 6.07) is 0. The normalized spacial score (nSPS) is 28.1. The molecule has 1 aliphatic rings. The molecular formula is C11H18N4O2S. The van der Waals surface area contributed by atoms with Gasteiger partial charge in [0.25, 0.3) is 0 Å². The molecule has 0 radical (unpaired) electrons. The Hall–Kier alpha value is -1.08. The van der Waals surface area contributed by atoms with Crippen LogP contribution in [0.5, 0.6) is 0 Å². The summed E-state index contributed by atoms with van der Waals surface area (Å²) in [6.07, 6.45) is 4.95. The molecular weight excluding hydrogens is 252 g/mol. The fourth-order valence-electron chi connectivity index (χ4n) is 2.27. The quantitative estimate of drug-likeness (QED) is 0.815. The number of rotatable bonds is 3. The molecule has 1 saturated carbocycles. The molecule has 18 heavy (non-hydrogen) atoms. The molecule has 0 aromatic carbocycles. The molecule has 100 valence electrons. The van der Waals surface area contributed by atoms with Crippen LogP contribution in [0.15, 0.2) is 11.5 Å². The topological polar surface area (TPSA) is 83.0 Å². The van der Waals surface area contributed by atoms with Gasteiger partial charge in [0, 0.05) is 12.3 Å². The van der Waals surface area contributed by atoms with E-state index in [1.807, 2.05) is 11.6 Å². The van der Waals surface area contributed by atoms with E-state index in [1.54, 1.807) is 18.1 Å². The first-order valence-electron chi connectivity index (χ1n) is 5.93. The number of thioether (sulfide) groups is 1.